The van der Waals surface area contributed by atoms with E-state index in [4.69, 9.17) is 14.2 Å². The molecule has 0 amide bonds. The third-order valence-corrected chi connectivity index (χ3v) is 4.16. The molecule has 2 aromatic rings. The van der Waals surface area contributed by atoms with E-state index < -0.39 is 0 Å². The smallest absolute Gasteiger partial charge is 0.191 e. The van der Waals surface area contributed by atoms with Crippen LogP contribution in [0.5, 0.6) is 17.2 Å². The summed E-state index contributed by atoms with van der Waals surface area (Å²) in [6, 6.07) is 14.1. The summed E-state index contributed by atoms with van der Waals surface area (Å²) < 4.78 is 16.5. The van der Waals surface area contributed by atoms with Crippen LogP contribution in [0.25, 0.3) is 0 Å². The van der Waals surface area contributed by atoms with Crippen molar-refractivity contribution >= 4 is 5.96 Å². The summed E-state index contributed by atoms with van der Waals surface area (Å²) in [5.41, 5.74) is 2.35. The summed E-state index contributed by atoms with van der Waals surface area (Å²) in [7, 11) is 3.44. The molecule has 0 unspecified atom stereocenters. The van der Waals surface area contributed by atoms with Crippen molar-refractivity contribution in [3.05, 3.63) is 53.6 Å². The molecule has 0 aliphatic rings. The van der Waals surface area contributed by atoms with Crippen molar-refractivity contribution in [1.82, 2.24) is 10.6 Å². The maximum absolute atomic E-state index is 5.69. The van der Waals surface area contributed by atoms with Gasteiger partial charge in [-0.1, -0.05) is 18.2 Å². The molecule has 0 aliphatic carbocycles. The lowest BCUT2D eigenvalue weighted by molar-refractivity contribution is 0.287. The molecule has 0 aliphatic heterocycles. The molecule has 0 radical (unpaired) electrons. The van der Waals surface area contributed by atoms with Crippen LogP contribution in [0.3, 0.4) is 0 Å². The van der Waals surface area contributed by atoms with E-state index in [0.29, 0.717) is 19.8 Å². The molecule has 0 saturated carbocycles. The second-order valence-corrected chi connectivity index (χ2v) is 6.10. The number of hydrogen-bond acceptors (Lipinski definition) is 4. The normalized spacial score (nSPS) is 11.1. The third-order valence-electron chi connectivity index (χ3n) is 4.16. The van der Waals surface area contributed by atoms with Crippen LogP contribution in [0.2, 0.25) is 0 Å². The maximum Gasteiger partial charge on any atom is 0.191 e. The van der Waals surface area contributed by atoms with Gasteiger partial charge in [0.05, 0.1) is 20.3 Å². The molecule has 2 N–H and O–H groups in total. The molecule has 0 heterocycles. The minimum atomic E-state index is 0.615. The molecule has 2 rings (SSSR count). The summed E-state index contributed by atoms with van der Waals surface area (Å²) in [5.74, 6) is 3.21. The highest BCUT2D eigenvalue weighted by molar-refractivity contribution is 5.79. The highest BCUT2D eigenvalue weighted by atomic mass is 16.5. The van der Waals surface area contributed by atoms with Crippen molar-refractivity contribution in [1.29, 1.82) is 0 Å². The van der Waals surface area contributed by atoms with E-state index in [2.05, 4.69) is 21.7 Å². The average Bonchev–Trinajstić information content (AvgIpc) is 2.73. The molecule has 28 heavy (non-hydrogen) atoms. The first-order valence-corrected chi connectivity index (χ1v) is 9.66. The highest BCUT2D eigenvalue weighted by Gasteiger charge is 2.06. The van der Waals surface area contributed by atoms with Crippen molar-refractivity contribution in [2.24, 2.45) is 4.99 Å². The van der Waals surface area contributed by atoms with Crippen molar-refractivity contribution in [3.63, 3.8) is 0 Å². The van der Waals surface area contributed by atoms with Gasteiger partial charge in [-0.25, -0.2) is 0 Å². The van der Waals surface area contributed by atoms with E-state index in [9.17, 15) is 0 Å². The van der Waals surface area contributed by atoms with Gasteiger partial charge in [0, 0.05) is 20.1 Å². The van der Waals surface area contributed by atoms with Crippen molar-refractivity contribution in [3.8, 4) is 17.2 Å². The van der Waals surface area contributed by atoms with Crippen molar-refractivity contribution < 1.29 is 14.2 Å². The average molecular weight is 386 g/mol. The lowest BCUT2D eigenvalue weighted by Crippen LogP contribution is -2.37. The molecule has 0 saturated heterocycles. The molecule has 6 heteroatoms. The highest BCUT2D eigenvalue weighted by Crippen LogP contribution is 2.28. The molecule has 0 bridgehead atoms. The first kappa shape index (κ1) is 21.4. The number of nitrogens with zero attached hydrogens (tertiary/aromatic N) is 1. The molecule has 0 aromatic heterocycles. The fraction of sp³-hybridized carbons (Fsp3) is 0.409. The summed E-state index contributed by atoms with van der Waals surface area (Å²) in [6.07, 6.45) is 0.857. The van der Waals surface area contributed by atoms with Crippen LogP contribution in [0, 0.1) is 0 Å². The van der Waals surface area contributed by atoms with Crippen molar-refractivity contribution in [2.75, 3.05) is 33.9 Å². The maximum atomic E-state index is 5.69. The van der Waals surface area contributed by atoms with Crippen LogP contribution in [0.15, 0.2) is 47.5 Å². The minimum Gasteiger partial charge on any atom is -0.497 e. The molecule has 0 spiro atoms. The minimum absolute atomic E-state index is 0.615. The Bertz CT molecular complexity index is 745. The second-order valence-electron chi connectivity index (χ2n) is 6.10. The monoisotopic (exact) mass is 385 g/mol. The first-order valence-electron chi connectivity index (χ1n) is 9.66. The molecule has 152 valence electrons. The Labute approximate surface area is 167 Å². The van der Waals surface area contributed by atoms with Gasteiger partial charge in [0.25, 0.3) is 0 Å². The Balaban J connectivity index is 1.83. The zero-order valence-corrected chi connectivity index (χ0v) is 17.2. The number of hydrogen-bond donors (Lipinski definition) is 2. The van der Waals surface area contributed by atoms with Crippen LogP contribution in [-0.2, 0) is 13.0 Å². The third kappa shape index (κ3) is 6.68. The van der Waals surface area contributed by atoms with E-state index in [1.807, 2.05) is 50.2 Å². The van der Waals surface area contributed by atoms with Crippen LogP contribution in [0.1, 0.15) is 25.0 Å². The Morgan fingerprint density at radius 3 is 2.21 bits per heavy atom. The number of ether oxygens (including phenoxy) is 3. The van der Waals surface area contributed by atoms with Gasteiger partial charge in [-0.2, -0.15) is 0 Å². The molecule has 0 fully saturated rings. The summed E-state index contributed by atoms with van der Waals surface area (Å²) >= 11 is 0. The number of benzene rings is 2. The number of guanidine groups is 1. The Hall–Kier alpha value is -2.89. The van der Waals surface area contributed by atoms with E-state index in [1.54, 1.807) is 14.2 Å². The van der Waals surface area contributed by atoms with Gasteiger partial charge >= 0.3 is 0 Å². The quantitative estimate of drug-likeness (QED) is 0.485. The Kier molecular flexibility index (Phi) is 8.98. The standard InChI is InChI=1S/C22H31N3O3/c1-5-27-20-12-9-17(15-21(20)28-6-2)13-14-24-22(23-3)25-16-18-7-10-19(26-4)11-8-18/h7-12,15H,5-6,13-14,16H2,1-4H3,(H2,23,24,25). The van der Waals surface area contributed by atoms with Gasteiger partial charge in [0.15, 0.2) is 17.5 Å². The van der Waals surface area contributed by atoms with Gasteiger partial charge in [0.2, 0.25) is 0 Å². The fourth-order valence-corrected chi connectivity index (χ4v) is 2.73. The predicted octanol–water partition coefficient (Wildman–Crippen LogP) is 3.40. The SMILES string of the molecule is CCOc1ccc(CCNC(=NC)NCc2ccc(OC)cc2)cc1OCC. The van der Waals surface area contributed by atoms with E-state index in [0.717, 1.165) is 41.7 Å². The van der Waals surface area contributed by atoms with Crippen LogP contribution >= 0.6 is 0 Å². The van der Waals surface area contributed by atoms with Crippen LogP contribution in [-0.4, -0.2) is 39.9 Å². The van der Waals surface area contributed by atoms with Crippen molar-refractivity contribution in [2.45, 2.75) is 26.8 Å². The van der Waals surface area contributed by atoms with Gasteiger partial charge in [-0.3, -0.25) is 4.99 Å². The second kappa shape index (κ2) is 11.7. The fourth-order valence-electron chi connectivity index (χ4n) is 2.73. The first-order chi connectivity index (χ1) is 13.7. The molecule has 0 atom stereocenters. The molecule has 6 nitrogen and oxygen atoms in total. The van der Waals surface area contributed by atoms with Gasteiger partial charge < -0.3 is 24.8 Å². The topological polar surface area (TPSA) is 64.1 Å². The largest absolute Gasteiger partial charge is 0.497 e. The number of methoxy groups -OCH3 is 1. The molecular weight excluding hydrogens is 354 g/mol. The van der Waals surface area contributed by atoms with E-state index in [-0.39, 0.29) is 0 Å². The number of rotatable bonds is 10. The van der Waals surface area contributed by atoms with Gasteiger partial charge in [-0.15, -0.1) is 0 Å². The molecular formula is C22H31N3O3. The van der Waals surface area contributed by atoms with E-state index in [1.165, 1.54) is 5.56 Å². The molecule has 2 aromatic carbocycles. The zero-order valence-electron chi connectivity index (χ0n) is 17.2. The summed E-state index contributed by atoms with van der Waals surface area (Å²) in [6.45, 7) is 6.64. The lowest BCUT2D eigenvalue weighted by atomic mass is 10.1. The predicted molar refractivity (Wildman–Crippen MR) is 114 cm³/mol. The van der Waals surface area contributed by atoms with Gasteiger partial charge in [0.1, 0.15) is 5.75 Å². The van der Waals surface area contributed by atoms with Gasteiger partial charge in [-0.05, 0) is 55.7 Å². The zero-order chi connectivity index (χ0) is 20.2. The summed E-state index contributed by atoms with van der Waals surface area (Å²) in [5, 5.41) is 6.66. The summed E-state index contributed by atoms with van der Waals surface area (Å²) in [4.78, 5) is 4.28. The number of nitrogens with one attached hydrogen (secondary N) is 2. The van der Waals surface area contributed by atoms with Crippen LogP contribution in [0.4, 0.5) is 0 Å². The Morgan fingerprint density at radius 2 is 1.57 bits per heavy atom. The number of aliphatic imine (C=N–C) groups is 1. The lowest BCUT2D eigenvalue weighted by Gasteiger charge is -2.14. The Morgan fingerprint density at radius 1 is 0.893 bits per heavy atom. The van der Waals surface area contributed by atoms with Crippen LogP contribution < -0.4 is 24.8 Å². The van der Waals surface area contributed by atoms with E-state index >= 15 is 0 Å².